The quantitative estimate of drug-likeness (QED) is 0.530. The van der Waals surface area contributed by atoms with Crippen molar-refractivity contribution in [2.24, 2.45) is 0 Å². The normalized spacial score (nSPS) is 10.7. The van der Waals surface area contributed by atoms with E-state index in [9.17, 15) is 9.59 Å². The van der Waals surface area contributed by atoms with Gasteiger partial charge in [0.2, 0.25) is 5.91 Å². The Labute approximate surface area is 189 Å². The molecular formula is C23H30ClN5O2. The number of carbonyl (C=O) groups excluding carboxylic acids is 2. The fourth-order valence-corrected chi connectivity index (χ4v) is 3.41. The molecule has 0 radical (unpaired) electrons. The number of imidazole rings is 1. The molecule has 0 aliphatic carbocycles. The van der Waals surface area contributed by atoms with E-state index in [0.29, 0.717) is 17.8 Å². The Morgan fingerprint density at radius 1 is 1.03 bits per heavy atom. The summed E-state index contributed by atoms with van der Waals surface area (Å²) < 4.78 is 1.89. The van der Waals surface area contributed by atoms with E-state index in [0.717, 1.165) is 36.5 Å². The van der Waals surface area contributed by atoms with E-state index in [1.54, 1.807) is 24.3 Å². The highest BCUT2D eigenvalue weighted by atomic mass is 35.5. The summed E-state index contributed by atoms with van der Waals surface area (Å²) in [5, 5.41) is 5.82. The minimum absolute atomic E-state index is 0. The van der Waals surface area contributed by atoms with E-state index < -0.39 is 0 Å². The molecular weight excluding hydrogens is 414 g/mol. The van der Waals surface area contributed by atoms with Crippen molar-refractivity contribution in [1.82, 2.24) is 19.8 Å². The van der Waals surface area contributed by atoms with Crippen LogP contribution in [-0.2, 0) is 11.3 Å². The van der Waals surface area contributed by atoms with Crippen LogP contribution in [0.2, 0.25) is 0 Å². The van der Waals surface area contributed by atoms with Crippen molar-refractivity contribution >= 4 is 40.9 Å². The summed E-state index contributed by atoms with van der Waals surface area (Å²) in [5.41, 5.74) is 3.03. The molecule has 0 aliphatic rings. The molecule has 8 heteroatoms. The van der Waals surface area contributed by atoms with Crippen LogP contribution in [0.4, 0.5) is 5.69 Å². The van der Waals surface area contributed by atoms with E-state index in [1.807, 2.05) is 35.8 Å². The second-order valence-corrected chi connectivity index (χ2v) is 7.14. The zero-order chi connectivity index (χ0) is 21.5. The highest BCUT2D eigenvalue weighted by Gasteiger charge is 2.11. The van der Waals surface area contributed by atoms with Gasteiger partial charge in [0.05, 0.1) is 11.0 Å². The summed E-state index contributed by atoms with van der Waals surface area (Å²) in [6, 6.07) is 14.7. The molecule has 1 heterocycles. The number of amides is 2. The lowest BCUT2D eigenvalue weighted by Gasteiger charge is -2.18. The number of aromatic nitrogens is 2. The summed E-state index contributed by atoms with van der Waals surface area (Å²) in [6.45, 7) is 9.65. The van der Waals surface area contributed by atoms with Gasteiger partial charge >= 0.3 is 0 Å². The van der Waals surface area contributed by atoms with Crippen LogP contribution in [0.15, 0.2) is 48.5 Å². The van der Waals surface area contributed by atoms with E-state index in [1.165, 1.54) is 0 Å². The lowest BCUT2D eigenvalue weighted by atomic mass is 10.2. The van der Waals surface area contributed by atoms with Crippen LogP contribution < -0.4 is 10.6 Å². The number of hydrogen-bond acceptors (Lipinski definition) is 4. The molecule has 3 aromatic rings. The van der Waals surface area contributed by atoms with Gasteiger partial charge in [-0.2, -0.15) is 0 Å². The Hall–Kier alpha value is -2.90. The number of benzene rings is 2. The molecule has 3 rings (SSSR count). The second-order valence-electron chi connectivity index (χ2n) is 7.14. The Morgan fingerprint density at radius 3 is 2.39 bits per heavy atom. The molecule has 0 fully saturated rings. The smallest absolute Gasteiger partial charge is 0.251 e. The summed E-state index contributed by atoms with van der Waals surface area (Å²) in [5.74, 6) is 0.543. The number of para-hydroxylation sites is 2. The van der Waals surface area contributed by atoms with Crippen LogP contribution in [0.1, 0.15) is 30.0 Å². The van der Waals surface area contributed by atoms with Crippen LogP contribution in [0.25, 0.3) is 11.0 Å². The molecule has 166 valence electrons. The van der Waals surface area contributed by atoms with Crippen LogP contribution in [-0.4, -0.2) is 52.4 Å². The molecule has 1 aromatic heterocycles. The molecule has 7 nitrogen and oxygen atoms in total. The number of rotatable bonds is 9. The number of fused-ring (bicyclic) bond motifs is 1. The van der Waals surface area contributed by atoms with Crippen LogP contribution in [0, 0.1) is 6.92 Å². The average molecular weight is 444 g/mol. The van der Waals surface area contributed by atoms with Crippen LogP contribution >= 0.6 is 12.4 Å². The van der Waals surface area contributed by atoms with Crippen molar-refractivity contribution in [1.29, 1.82) is 0 Å². The largest absolute Gasteiger partial charge is 0.351 e. The molecule has 0 unspecified atom stereocenters. The fourth-order valence-electron chi connectivity index (χ4n) is 3.41. The number of anilines is 1. The molecule has 0 bridgehead atoms. The van der Waals surface area contributed by atoms with Gasteiger partial charge in [-0.3, -0.25) is 9.59 Å². The van der Waals surface area contributed by atoms with Gasteiger partial charge in [0.25, 0.3) is 5.91 Å². The number of halogens is 1. The number of hydrogen-bond donors (Lipinski definition) is 2. The summed E-state index contributed by atoms with van der Waals surface area (Å²) in [4.78, 5) is 31.5. The molecule has 0 saturated carbocycles. The highest BCUT2D eigenvalue weighted by Crippen LogP contribution is 2.16. The van der Waals surface area contributed by atoms with Gasteiger partial charge in [-0.25, -0.2) is 4.98 Å². The average Bonchev–Trinajstić information content (AvgIpc) is 3.06. The maximum absolute atomic E-state index is 12.5. The molecule has 2 amide bonds. The fraction of sp³-hybridized carbons (Fsp3) is 0.348. The standard InChI is InChI=1S/C23H29N5O2.ClH/c1-4-27(5-2)15-14-24-23(30)18-10-12-19(13-11-18)26-22(29)16-28-17(3)25-20-8-6-7-9-21(20)28;/h6-13H,4-5,14-16H2,1-3H3,(H,24,30)(H,26,29);1H. The van der Waals surface area contributed by atoms with Crippen molar-refractivity contribution in [2.45, 2.75) is 27.3 Å². The minimum atomic E-state index is -0.141. The van der Waals surface area contributed by atoms with E-state index in [-0.39, 0.29) is 30.8 Å². The highest BCUT2D eigenvalue weighted by molar-refractivity contribution is 5.96. The monoisotopic (exact) mass is 443 g/mol. The first kappa shape index (κ1) is 24.4. The van der Waals surface area contributed by atoms with Gasteiger partial charge in [-0.15, -0.1) is 12.4 Å². The molecule has 0 saturated heterocycles. The maximum Gasteiger partial charge on any atom is 0.251 e. The third kappa shape index (κ3) is 6.29. The molecule has 2 aromatic carbocycles. The number of nitrogens with one attached hydrogen (secondary N) is 2. The SMILES string of the molecule is CCN(CC)CCNC(=O)c1ccc(NC(=O)Cn2c(C)nc3ccccc32)cc1.Cl. The summed E-state index contributed by atoms with van der Waals surface area (Å²) >= 11 is 0. The number of aryl methyl sites for hydroxylation is 1. The Morgan fingerprint density at radius 2 is 1.71 bits per heavy atom. The van der Waals surface area contributed by atoms with Crippen molar-refractivity contribution in [3.05, 3.63) is 59.9 Å². The topological polar surface area (TPSA) is 79.3 Å². The van der Waals surface area contributed by atoms with Gasteiger partial charge in [0, 0.05) is 24.3 Å². The van der Waals surface area contributed by atoms with Crippen molar-refractivity contribution in [3.63, 3.8) is 0 Å². The van der Waals surface area contributed by atoms with E-state index in [2.05, 4.69) is 34.4 Å². The Kier molecular flexibility index (Phi) is 9.03. The predicted octanol–water partition coefficient (Wildman–Crippen LogP) is 3.48. The summed E-state index contributed by atoms with van der Waals surface area (Å²) in [7, 11) is 0. The zero-order valence-corrected chi connectivity index (χ0v) is 19.0. The first-order valence-electron chi connectivity index (χ1n) is 10.3. The van der Waals surface area contributed by atoms with E-state index in [4.69, 9.17) is 0 Å². The van der Waals surface area contributed by atoms with Crippen LogP contribution in [0.5, 0.6) is 0 Å². The van der Waals surface area contributed by atoms with E-state index >= 15 is 0 Å². The zero-order valence-electron chi connectivity index (χ0n) is 18.2. The molecule has 0 aliphatic heterocycles. The lowest BCUT2D eigenvalue weighted by molar-refractivity contribution is -0.116. The molecule has 0 atom stereocenters. The van der Waals surface area contributed by atoms with Crippen LogP contribution in [0.3, 0.4) is 0 Å². The van der Waals surface area contributed by atoms with Gasteiger partial charge in [0.1, 0.15) is 12.4 Å². The van der Waals surface area contributed by atoms with Crippen molar-refractivity contribution in [2.75, 3.05) is 31.5 Å². The third-order valence-corrected chi connectivity index (χ3v) is 5.19. The van der Waals surface area contributed by atoms with Gasteiger partial charge in [-0.1, -0.05) is 26.0 Å². The molecule has 0 spiro atoms. The number of likely N-dealkylation sites (N-methyl/N-ethyl adjacent to an activating group) is 1. The second kappa shape index (κ2) is 11.5. The lowest BCUT2D eigenvalue weighted by Crippen LogP contribution is -2.34. The van der Waals surface area contributed by atoms with Gasteiger partial charge in [-0.05, 0) is 56.4 Å². The third-order valence-electron chi connectivity index (χ3n) is 5.19. The predicted molar refractivity (Wildman–Crippen MR) is 127 cm³/mol. The van der Waals surface area contributed by atoms with Gasteiger partial charge in [0.15, 0.2) is 0 Å². The molecule has 31 heavy (non-hydrogen) atoms. The first-order chi connectivity index (χ1) is 14.5. The Bertz CT molecular complexity index is 1010. The Balaban J connectivity index is 0.00000341. The first-order valence-corrected chi connectivity index (χ1v) is 10.3. The molecule has 2 N–H and O–H groups in total. The van der Waals surface area contributed by atoms with Gasteiger partial charge < -0.3 is 20.1 Å². The summed E-state index contributed by atoms with van der Waals surface area (Å²) in [6.07, 6.45) is 0. The number of carbonyl (C=O) groups is 2. The number of nitrogens with zero attached hydrogens (tertiary/aromatic N) is 3. The maximum atomic E-state index is 12.5. The van der Waals surface area contributed by atoms with Crippen molar-refractivity contribution in [3.8, 4) is 0 Å². The van der Waals surface area contributed by atoms with Crippen molar-refractivity contribution < 1.29 is 9.59 Å². The minimum Gasteiger partial charge on any atom is -0.351 e.